The van der Waals surface area contributed by atoms with Crippen LogP contribution in [0, 0.1) is 0 Å². The summed E-state index contributed by atoms with van der Waals surface area (Å²) in [6.07, 6.45) is -4.90. The molecular weight excluding hydrogens is 576 g/mol. The monoisotopic (exact) mass is 604 g/mol. The third kappa shape index (κ3) is 4.48. The lowest BCUT2D eigenvalue weighted by Crippen LogP contribution is -2.53. The third-order valence-electron chi connectivity index (χ3n) is 8.08. The molecule has 1 fully saturated rings. The first-order chi connectivity index (χ1) is 19.4. The van der Waals surface area contributed by atoms with E-state index in [2.05, 4.69) is 10.0 Å². The number of halogens is 1. The number of phenols is 2. The zero-order chi connectivity index (χ0) is 30.0. The number of carbonyl (C=O) groups excluding carboxylic acids is 3. The number of carbonyl (C=O) groups is 3. The maximum Gasteiger partial charge on any atom is 0.202 e. The van der Waals surface area contributed by atoms with Crippen LogP contribution in [0.2, 0.25) is 0 Å². The van der Waals surface area contributed by atoms with Crippen LogP contribution in [0.5, 0.6) is 17.2 Å². The normalized spacial score (nSPS) is 29.8. The quantitative estimate of drug-likeness (QED) is 0.122. The third-order valence-corrected chi connectivity index (χ3v) is 8.08. The highest BCUT2D eigenvalue weighted by Crippen LogP contribution is 2.57. The van der Waals surface area contributed by atoms with Gasteiger partial charge in [0.15, 0.2) is 17.9 Å². The molecule has 5 rings (SSSR count). The predicted molar refractivity (Wildman–Crippen MR) is 146 cm³/mol. The minimum atomic E-state index is -2.45. The van der Waals surface area contributed by atoms with Crippen molar-refractivity contribution in [3.05, 3.63) is 62.0 Å². The average molecular weight is 605 g/mol. The summed E-state index contributed by atoms with van der Waals surface area (Å²) in [5.41, 5.74) is 10.8. The number of phenolic OH excluding ortho intramolecular Hbond substituents is 2. The summed E-state index contributed by atoms with van der Waals surface area (Å²) >= 11 is 0. The molecule has 1 heterocycles. The highest BCUT2D eigenvalue weighted by atomic mass is 35.5. The van der Waals surface area contributed by atoms with Crippen LogP contribution in [0.4, 0.5) is 0 Å². The summed E-state index contributed by atoms with van der Waals surface area (Å²) in [5, 5.41) is 48.4. The van der Waals surface area contributed by atoms with Crippen LogP contribution >= 0.6 is 12.4 Å². The smallest absolute Gasteiger partial charge is 0.202 e. The second-order valence-electron chi connectivity index (χ2n) is 10.4. The van der Waals surface area contributed by atoms with Crippen molar-refractivity contribution in [2.45, 2.75) is 69.0 Å². The topological polar surface area (TPSA) is 235 Å². The summed E-state index contributed by atoms with van der Waals surface area (Å²) in [6.45, 7) is 2.60. The van der Waals surface area contributed by atoms with Crippen molar-refractivity contribution >= 4 is 29.8 Å². The second-order valence-corrected chi connectivity index (χ2v) is 10.4. The zero-order valence-corrected chi connectivity index (χ0v) is 23.5. The van der Waals surface area contributed by atoms with Crippen LogP contribution in [-0.2, 0) is 14.3 Å². The molecule has 2 aliphatic carbocycles. The lowest BCUT2D eigenvalue weighted by atomic mass is 9.69. The Morgan fingerprint density at radius 3 is 2.40 bits per heavy atom. The van der Waals surface area contributed by atoms with E-state index in [0.717, 1.165) is 6.92 Å². The van der Waals surface area contributed by atoms with E-state index in [4.69, 9.17) is 19.9 Å². The fourth-order valence-corrected chi connectivity index (χ4v) is 5.94. The van der Waals surface area contributed by atoms with Gasteiger partial charge in [0, 0.05) is 40.5 Å². The van der Waals surface area contributed by atoms with Gasteiger partial charge < -0.3 is 40.4 Å². The summed E-state index contributed by atoms with van der Waals surface area (Å²) in [5.74, 6) is -4.11. The number of aliphatic hydroxyl groups is 2. The van der Waals surface area contributed by atoms with Crippen LogP contribution in [0.15, 0.2) is 23.3 Å². The van der Waals surface area contributed by atoms with Crippen molar-refractivity contribution in [2.24, 2.45) is 10.8 Å². The van der Waals surface area contributed by atoms with Gasteiger partial charge in [-0.05, 0) is 25.4 Å². The molecule has 3 aliphatic rings. The minimum absolute atomic E-state index is 0. The van der Waals surface area contributed by atoms with Gasteiger partial charge in [-0.25, -0.2) is 0 Å². The first kappa shape index (κ1) is 31.2. The van der Waals surface area contributed by atoms with Crippen molar-refractivity contribution in [1.29, 1.82) is 0 Å². The Bertz CT molecular complexity index is 1530. The molecule has 1 aliphatic heterocycles. The van der Waals surface area contributed by atoms with Gasteiger partial charge >= 0.3 is 0 Å². The SMILES string of the molecule is COc1cccc2c1C(=O)c1c(O)c3c(c(O)c1C2=O)[C@@H](N=[N+]=[N-])[C@@](O)(C(C)=O)C[C@@H]3OC1CC(N)C(O)C(C)O1.Cl. The van der Waals surface area contributed by atoms with Gasteiger partial charge in [-0.15, -0.1) is 12.4 Å². The van der Waals surface area contributed by atoms with Gasteiger partial charge in [-0.3, -0.25) is 14.4 Å². The van der Waals surface area contributed by atoms with E-state index in [1.165, 1.54) is 25.3 Å². The molecule has 0 saturated carbocycles. The van der Waals surface area contributed by atoms with Gasteiger partial charge in [0.05, 0.1) is 42.1 Å². The molecule has 7 atom stereocenters. The first-order valence-electron chi connectivity index (χ1n) is 12.8. The number of rotatable bonds is 5. The zero-order valence-electron chi connectivity index (χ0n) is 22.7. The number of benzene rings is 2. The number of aromatic hydroxyl groups is 2. The van der Waals surface area contributed by atoms with Gasteiger partial charge in [0.1, 0.15) is 28.9 Å². The molecule has 1 saturated heterocycles. The lowest BCUT2D eigenvalue weighted by Gasteiger charge is -2.44. The number of aliphatic hydroxyl groups excluding tert-OH is 1. The molecule has 2 aromatic rings. The summed E-state index contributed by atoms with van der Waals surface area (Å²) in [6, 6.07) is 1.71. The highest BCUT2D eigenvalue weighted by molar-refractivity contribution is 6.31. The molecule has 0 spiro atoms. The fraction of sp³-hybridized carbons (Fsp3) is 0.444. The van der Waals surface area contributed by atoms with Crippen molar-refractivity contribution in [2.75, 3.05) is 7.11 Å². The van der Waals surface area contributed by atoms with Gasteiger partial charge in [0.25, 0.3) is 0 Å². The van der Waals surface area contributed by atoms with Crippen molar-refractivity contribution in [3.8, 4) is 17.2 Å². The van der Waals surface area contributed by atoms with E-state index in [0.29, 0.717) is 0 Å². The molecule has 42 heavy (non-hydrogen) atoms. The molecule has 15 heteroatoms. The number of ether oxygens (including phenoxy) is 3. The van der Waals surface area contributed by atoms with Gasteiger partial charge in [-0.2, -0.15) is 0 Å². The second kappa shape index (κ2) is 11.2. The average Bonchev–Trinajstić information content (AvgIpc) is 2.93. The summed E-state index contributed by atoms with van der Waals surface area (Å²) in [7, 11) is 1.30. The van der Waals surface area contributed by atoms with Crippen LogP contribution < -0.4 is 10.5 Å². The molecule has 0 radical (unpaired) electrons. The number of methoxy groups -OCH3 is 1. The molecule has 0 aromatic heterocycles. The first-order valence-corrected chi connectivity index (χ1v) is 12.8. The maximum absolute atomic E-state index is 13.8. The highest BCUT2D eigenvalue weighted by Gasteiger charge is 2.54. The molecule has 0 amide bonds. The molecular formula is C27H29ClN4O10. The Kier molecular flexibility index (Phi) is 8.28. The van der Waals surface area contributed by atoms with E-state index in [1.807, 2.05) is 0 Å². The number of hydrogen-bond donors (Lipinski definition) is 5. The Morgan fingerprint density at radius 2 is 1.81 bits per heavy atom. The largest absolute Gasteiger partial charge is 0.507 e. The number of nitrogens with two attached hydrogens (primary N) is 1. The Morgan fingerprint density at radius 1 is 1.17 bits per heavy atom. The molecule has 2 aromatic carbocycles. The number of fused-ring (bicyclic) bond motifs is 3. The molecule has 0 bridgehead atoms. The van der Waals surface area contributed by atoms with Crippen molar-refractivity contribution in [3.63, 3.8) is 0 Å². The Hall–Kier alpha value is -3.75. The Balaban J connectivity index is 0.00000405. The number of ketones is 3. The summed E-state index contributed by atoms with van der Waals surface area (Å²) in [4.78, 5) is 42.9. The van der Waals surface area contributed by atoms with E-state index >= 15 is 0 Å². The minimum Gasteiger partial charge on any atom is -0.507 e. The lowest BCUT2D eigenvalue weighted by molar-refractivity contribution is -0.248. The van der Waals surface area contributed by atoms with Crippen LogP contribution in [0.1, 0.15) is 81.8 Å². The van der Waals surface area contributed by atoms with Gasteiger partial charge in [-0.1, -0.05) is 17.2 Å². The predicted octanol–water partition coefficient (Wildman–Crippen LogP) is 2.26. The number of hydrogen-bond acceptors (Lipinski definition) is 12. The Labute approximate surface area is 245 Å². The van der Waals surface area contributed by atoms with Gasteiger partial charge in [0.2, 0.25) is 5.78 Å². The maximum atomic E-state index is 13.8. The molecule has 224 valence electrons. The van der Waals surface area contributed by atoms with E-state index < -0.39 is 94.2 Å². The van der Waals surface area contributed by atoms with Crippen molar-refractivity contribution < 1.29 is 49.0 Å². The fourth-order valence-electron chi connectivity index (χ4n) is 5.94. The molecule has 6 N–H and O–H groups in total. The number of azide groups is 1. The molecule has 4 unspecified atom stereocenters. The standard InChI is InChI=1S/C27H28N4O10.ClH/c1-9-21(33)12(28)7-15(40-9)41-14-8-27(38,10(2)32)26(30-31-29)20-17(14)24(36)19-18(25(20)37)22(34)11-5-4-6-13(39-3)16(11)23(19)35;/h4-6,9,12,14-15,21,26,33,36-38H,7-8,28H2,1-3H3;1H/t9?,12?,14-,15?,21?,26+,27-;/m0./s1. The van der Waals surface area contributed by atoms with Crippen LogP contribution in [0.25, 0.3) is 10.4 Å². The van der Waals surface area contributed by atoms with Crippen LogP contribution in [0.3, 0.4) is 0 Å². The van der Waals surface area contributed by atoms with Crippen molar-refractivity contribution in [1.82, 2.24) is 0 Å². The number of Topliss-reactive ketones (excluding diaryl/α,β-unsaturated/α-hetero) is 1. The van der Waals surface area contributed by atoms with Crippen LogP contribution in [-0.4, -0.2) is 75.0 Å². The summed E-state index contributed by atoms with van der Waals surface area (Å²) < 4.78 is 17.0. The van der Waals surface area contributed by atoms with E-state index in [1.54, 1.807) is 6.92 Å². The van der Waals surface area contributed by atoms with E-state index in [9.17, 15) is 40.3 Å². The number of nitrogens with zero attached hydrogens (tertiary/aromatic N) is 3. The van der Waals surface area contributed by atoms with E-state index in [-0.39, 0.29) is 41.3 Å². The molecule has 14 nitrogen and oxygen atoms in total.